The number of hydrogen-bond acceptors (Lipinski definition) is 1. The van der Waals surface area contributed by atoms with E-state index in [9.17, 15) is 0 Å². The molecule has 0 unspecified atom stereocenters. The van der Waals surface area contributed by atoms with E-state index >= 15 is 0 Å². The lowest BCUT2D eigenvalue weighted by molar-refractivity contribution is 0.302. The molecule has 1 aliphatic rings. The average Bonchev–Trinajstić information content (AvgIpc) is 2.56. The highest BCUT2D eigenvalue weighted by atomic mass is 79.9. The molecular weight excluding hydrogens is 395 g/mol. The first-order valence-electron chi connectivity index (χ1n) is 7.13. The molecule has 0 saturated heterocycles. The maximum atomic E-state index is 6.77. The van der Waals surface area contributed by atoms with Crippen molar-refractivity contribution in [2.24, 2.45) is 0 Å². The van der Waals surface area contributed by atoms with Crippen molar-refractivity contribution in [1.82, 2.24) is 0 Å². The van der Waals surface area contributed by atoms with Crippen LogP contribution in [0.2, 0.25) is 10.0 Å². The van der Waals surface area contributed by atoms with Crippen molar-refractivity contribution in [3.05, 3.63) is 74.7 Å². The molecule has 0 saturated carbocycles. The molecule has 114 valence electrons. The SMILES string of the molecule is Clc1ccc2c(c1)OCc1ccc(-c3ccc(Br)cc3)c(Cl)c1-2. The largest absolute Gasteiger partial charge is 0.488 e. The van der Waals surface area contributed by atoms with Gasteiger partial charge in [0.2, 0.25) is 0 Å². The van der Waals surface area contributed by atoms with Crippen LogP contribution in [0.1, 0.15) is 5.56 Å². The predicted molar refractivity (Wildman–Crippen MR) is 99.4 cm³/mol. The van der Waals surface area contributed by atoms with E-state index < -0.39 is 0 Å². The third-order valence-corrected chi connectivity index (χ3v) is 5.14. The zero-order valence-electron chi connectivity index (χ0n) is 11.9. The van der Waals surface area contributed by atoms with Gasteiger partial charge in [-0.15, -0.1) is 0 Å². The summed E-state index contributed by atoms with van der Waals surface area (Å²) in [5.74, 6) is 0.778. The van der Waals surface area contributed by atoms with E-state index in [1.807, 2.05) is 30.3 Å². The van der Waals surface area contributed by atoms with Crippen LogP contribution in [0.5, 0.6) is 5.75 Å². The molecule has 0 aliphatic carbocycles. The molecule has 23 heavy (non-hydrogen) atoms. The summed E-state index contributed by atoms with van der Waals surface area (Å²) < 4.78 is 6.84. The van der Waals surface area contributed by atoms with Crippen LogP contribution in [0, 0.1) is 0 Å². The van der Waals surface area contributed by atoms with Gasteiger partial charge in [0.05, 0.1) is 5.02 Å². The summed E-state index contributed by atoms with van der Waals surface area (Å²) in [4.78, 5) is 0. The number of ether oxygens (including phenoxy) is 1. The Kier molecular flexibility index (Phi) is 3.84. The van der Waals surface area contributed by atoms with Gasteiger partial charge >= 0.3 is 0 Å². The van der Waals surface area contributed by atoms with Crippen LogP contribution in [-0.4, -0.2) is 0 Å². The number of rotatable bonds is 1. The second-order valence-corrected chi connectivity index (χ2v) is 7.13. The number of hydrogen-bond donors (Lipinski definition) is 0. The van der Waals surface area contributed by atoms with E-state index in [2.05, 4.69) is 40.2 Å². The molecule has 1 nitrogen and oxygen atoms in total. The van der Waals surface area contributed by atoms with E-state index in [1.54, 1.807) is 0 Å². The van der Waals surface area contributed by atoms with Crippen LogP contribution in [0.25, 0.3) is 22.3 Å². The summed E-state index contributed by atoms with van der Waals surface area (Å²) in [6.45, 7) is 0.503. The topological polar surface area (TPSA) is 9.23 Å². The number of halogens is 3. The van der Waals surface area contributed by atoms with Gasteiger partial charge in [-0.3, -0.25) is 0 Å². The maximum Gasteiger partial charge on any atom is 0.129 e. The van der Waals surface area contributed by atoms with Crippen molar-refractivity contribution in [3.63, 3.8) is 0 Å². The van der Waals surface area contributed by atoms with Crippen molar-refractivity contribution < 1.29 is 4.74 Å². The Hall–Kier alpha value is -1.48. The Labute approximate surface area is 152 Å². The monoisotopic (exact) mass is 404 g/mol. The molecule has 0 bridgehead atoms. The Balaban J connectivity index is 1.93. The average molecular weight is 406 g/mol. The number of benzene rings is 3. The molecule has 3 aromatic rings. The summed E-state index contributed by atoms with van der Waals surface area (Å²) in [6.07, 6.45) is 0. The third kappa shape index (κ3) is 2.65. The first-order chi connectivity index (χ1) is 11.1. The molecule has 0 fully saturated rings. The zero-order chi connectivity index (χ0) is 16.0. The van der Waals surface area contributed by atoms with Crippen molar-refractivity contribution in [2.75, 3.05) is 0 Å². The van der Waals surface area contributed by atoms with Crippen LogP contribution in [0.4, 0.5) is 0 Å². The van der Waals surface area contributed by atoms with Gasteiger partial charge in [0, 0.05) is 26.2 Å². The van der Waals surface area contributed by atoms with Crippen LogP contribution in [0.3, 0.4) is 0 Å². The molecule has 0 amide bonds. The van der Waals surface area contributed by atoms with Crippen molar-refractivity contribution in [3.8, 4) is 28.0 Å². The second-order valence-electron chi connectivity index (χ2n) is 5.40. The minimum Gasteiger partial charge on any atom is -0.488 e. The molecule has 0 spiro atoms. The lowest BCUT2D eigenvalue weighted by Crippen LogP contribution is -2.06. The van der Waals surface area contributed by atoms with Crippen molar-refractivity contribution >= 4 is 39.1 Å². The Morgan fingerprint density at radius 1 is 0.870 bits per heavy atom. The fourth-order valence-corrected chi connectivity index (χ4v) is 3.68. The quantitative estimate of drug-likeness (QED) is 0.424. The summed E-state index contributed by atoms with van der Waals surface area (Å²) in [5, 5.41) is 1.41. The minimum absolute atomic E-state index is 0.503. The van der Waals surface area contributed by atoms with Gasteiger partial charge < -0.3 is 4.74 Å². The molecule has 4 rings (SSSR count). The van der Waals surface area contributed by atoms with E-state index in [-0.39, 0.29) is 0 Å². The zero-order valence-corrected chi connectivity index (χ0v) is 15.0. The standard InChI is InChI=1S/C19H11BrCl2O/c20-13-4-1-11(2-5-13)15-7-3-12-10-23-17-9-14(21)6-8-16(17)18(12)19(15)22/h1-9H,10H2. The van der Waals surface area contributed by atoms with E-state index in [0.717, 1.165) is 43.1 Å². The van der Waals surface area contributed by atoms with Gasteiger partial charge in [-0.25, -0.2) is 0 Å². The highest BCUT2D eigenvalue weighted by Crippen LogP contribution is 2.46. The highest BCUT2D eigenvalue weighted by Gasteiger charge is 2.22. The van der Waals surface area contributed by atoms with Gasteiger partial charge in [0.25, 0.3) is 0 Å². The lowest BCUT2D eigenvalue weighted by atomic mass is 9.92. The van der Waals surface area contributed by atoms with Crippen molar-refractivity contribution in [2.45, 2.75) is 6.61 Å². The van der Waals surface area contributed by atoms with Gasteiger partial charge in [-0.1, -0.05) is 63.4 Å². The minimum atomic E-state index is 0.503. The summed E-state index contributed by atoms with van der Waals surface area (Å²) in [5.41, 5.74) is 5.21. The van der Waals surface area contributed by atoms with Gasteiger partial charge in [-0.05, 0) is 41.5 Å². The van der Waals surface area contributed by atoms with Gasteiger partial charge in [-0.2, -0.15) is 0 Å². The van der Waals surface area contributed by atoms with E-state index in [4.69, 9.17) is 27.9 Å². The smallest absolute Gasteiger partial charge is 0.129 e. The van der Waals surface area contributed by atoms with Crippen molar-refractivity contribution in [1.29, 1.82) is 0 Å². The second kappa shape index (κ2) is 5.86. The fourth-order valence-electron chi connectivity index (χ4n) is 2.86. The van der Waals surface area contributed by atoms with Crippen LogP contribution in [-0.2, 0) is 6.61 Å². The summed E-state index contributed by atoms with van der Waals surface area (Å²) >= 11 is 16.3. The first-order valence-corrected chi connectivity index (χ1v) is 8.68. The molecule has 0 radical (unpaired) electrons. The molecule has 3 aromatic carbocycles. The lowest BCUT2D eigenvalue weighted by Gasteiger charge is -2.23. The van der Waals surface area contributed by atoms with Gasteiger partial charge in [0.1, 0.15) is 12.4 Å². The predicted octanol–water partition coefficient (Wildman–Crippen LogP) is 6.98. The van der Waals surface area contributed by atoms with Crippen LogP contribution in [0.15, 0.2) is 59.1 Å². The molecule has 1 aliphatic heterocycles. The number of fused-ring (bicyclic) bond motifs is 3. The molecule has 0 aromatic heterocycles. The van der Waals surface area contributed by atoms with E-state index in [1.165, 1.54) is 0 Å². The highest BCUT2D eigenvalue weighted by molar-refractivity contribution is 9.10. The van der Waals surface area contributed by atoms with E-state index in [0.29, 0.717) is 11.6 Å². The van der Waals surface area contributed by atoms with Gasteiger partial charge in [0.15, 0.2) is 0 Å². The van der Waals surface area contributed by atoms with Crippen LogP contribution >= 0.6 is 39.1 Å². The Morgan fingerprint density at radius 3 is 2.39 bits per heavy atom. The Morgan fingerprint density at radius 2 is 1.61 bits per heavy atom. The Bertz CT molecular complexity index is 904. The fraction of sp³-hybridized carbons (Fsp3) is 0.0526. The maximum absolute atomic E-state index is 6.77. The first kappa shape index (κ1) is 15.1. The van der Waals surface area contributed by atoms with Crippen LogP contribution < -0.4 is 4.74 Å². The molecule has 0 N–H and O–H groups in total. The third-order valence-electron chi connectivity index (χ3n) is 3.98. The molecule has 0 atom stereocenters. The molecule has 1 heterocycles. The summed E-state index contributed by atoms with van der Waals surface area (Å²) in [7, 11) is 0. The molecular formula is C19H11BrCl2O. The summed E-state index contributed by atoms with van der Waals surface area (Å²) in [6, 6.07) is 17.9. The normalized spacial score (nSPS) is 12.3. The molecule has 4 heteroatoms.